The number of carbonyl (C=O) groups excluding carboxylic acids is 1. The van der Waals surface area contributed by atoms with E-state index in [1.807, 2.05) is 5.32 Å². The molecule has 0 atom stereocenters. The summed E-state index contributed by atoms with van der Waals surface area (Å²) < 4.78 is 92.4. The Morgan fingerprint density at radius 1 is 1.16 bits per heavy atom. The van der Waals surface area contributed by atoms with Crippen LogP contribution in [0.25, 0.3) is 0 Å². The van der Waals surface area contributed by atoms with Crippen LogP contribution in [-0.2, 0) is 6.18 Å². The molecule has 0 aliphatic carbocycles. The minimum atomic E-state index is -4.91. The molecule has 0 spiro atoms. The van der Waals surface area contributed by atoms with Gasteiger partial charge in [-0.1, -0.05) is 12.1 Å². The summed E-state index contributed by atoms with van der Waals surface area (Å²) in [7, 11) is 0. The molecule has 1 aromatic heterocycles. The predicted molar refractivity (Wildman–Crippen MR) is 69.6 cm³/mol. The van der Waals surface area contributed by atoms with Crippen LogP contribution >= 0.6 is 0 Å². The molecule has 2 aromatic rings. The van der Waals surface area contributed by atoms with Gasteiger partial charge in [-0.2, -0.15) is 35.8 Å². The number of para-hydroxylation sites is 2. The number of alkyl halides is 7. The summed E-state index contributed by atoms with van der Waals surface area (Å²) >= 11 is 0. The highest BCUT2D eigenvalue weighted by atomic mass is 19.4. The standard InChI is InChI=1S/C13H8F7N3O2/c14-11(15)13(19,20)25-8-4-2-1-3-7(8)22-10(24)6-5-21-23-9(6)12(16,17)18/h1-5,11H,(H,21,23)(H,22,24). The van der Waals surface area contributed by atoms with Gasteiger partial charge in [-0.3, -0.25) is 9.89 Å². The van der Waals surface area contributed by atoms with Gasteiger partial charge >= 0.3 is 18.7 Å². The van der Waals surface area contributed by atoms with E-state index >= 15 is 0 Å². The first kappa shape index (κ1) is 18.5. The number of anilines is 1. The van der Waals surface area contributed by atoms with Crippen LogP contribution in [0.15, 0.2) is 30.5 Å². The first-order valence-electron chi connectivity index (χ1n) is 6.38. The number of hydrogen-bond donors (Lipinski definition) is 2. The SMILES string of the molecule is O=C(Nc1ccccc1OC(F)(F)C(F)F)c1cn[nH]c1C(F)(F)F. The lowest BCUT2D eigenvalue weighted by Gasteiger charge is -2.19. The topological polar surface area (TPSA) is 67.0 Å². The third kappa shape index (κ3) is 4.19. The van der Waals surface area contributed by atoms with Crippen molar-refractivity contribution in [3.63, 3.8) is 0 Å². The van der Waals surface area contributed by atoms with Crippen LogP contribution in [-0.4, -0.2) is 28.6 Å². The van der Waals surface area contributed by atoms with Gasteiger partial charge in [0.25, 0.3) is 5.91 Å². The second kappa shape index (κ2) is 6.61. The highest BCUT2D eigenvalue weighted by Gasteiger charge is 2.44. The van der Waals surface area contributed by atoms with Crippen molar-refractivity contribution in [3.8, 4) is 5.75 Å². The summed E-state index contributed by atoms with van der Waals surface area (Å²) in [6.07, 6.45) is -13.3. The zero-order valence-electron chi connectivity index (χ0n) is 11.9. The van der Waals surface area contributed by atoms with E-state index in [0.717, 1.165) is 18.2 Å². The molecule has 0 radical (unpaired) electrons. The van der Waals surface area contributed by atoms with Gasteiger partial charge in [0.15, 0.2) is 5.69 Å². The molecular weight excluding hydrogens is 363 g/mol. The fraction of sp³-hybridized carbons (Fsp3) is 0.231. The van der Waals surface area contributed by atoms with Crippen molar-refractivity contribution in [1.82, 2.24) is 10.2 Å². The molecule has 1 heterocycles. The molecule has 2 rings (SSSR count). The van der Waals surface area contributed by atoms with Crippen LogP contribution in [0.2, 0.25) is 0 Å². The zero-order valence-corrected chi connectivity index (χ0v) is 11.9. The normalized spacial score (nSPS) is 12.3. The highest BCUT2D eigenvalue weighted by molar-refractivity contribution is 6.05. The van der Waals surface area contributed by atoms with E-state index in [9.17, 15) is 35.5 Å². The molecule has 5 nitrogen and oxygen atoms in total. The monoisotopic (exact) mass is 371 g/mol. The van der Waals surface area contributed by atoms with Gasteiger partial charge in [0, 0.05) is 0 Å². The smallest absolute Gasteiger partial charge is 0.426 e. The Morgan fingerprint density at radius 2 is 1.80 bits per heavy atom. The number of aromatic amines is 1. The third-order valence-electron chi connectivity index (χ3n) is 2.80. The maximum atomic E-state index is 13.0. The van der Waals surface area contributed by atoms with Crippen LogP contribution in [0, 0.1) is 0 Å². The molecule has 0 unspecified atom stereocenters. The molecule has 1 amide bonds. The molecule has 0 aliphatic rings. The lowest BCUT2D eigenvalue weighted by Crippen LogP contribution is -2.33. The Morgan fingerprint density at radius 3 is 2.40 bits per heavy atom. The number of amides is 1. The van der Waals surface area contributed by atoms with Crippen LogP contribution in [0.5, 0.6) is 5.75 Å². The number of aromatic nitrogens is 2. The molecule has 1 aromatic carbocycles. The molecule has 12 heteroatoms. The third-order valence-corrected chi connectivity index (χ3v) is 2.80. The van der Waals surface area contributed by atoms with Crippen LogP contribution in [0.4, 0.5) is 36.4 Å². The maximum Gasteiger partial charge on any atom is 0.461 e. The second-order valence-electron chi connectivity index (χ2n) is 4.57. The van der Waals surface area contributed by atoms with Crippen molar-refractivity contribution in [3.05, 3.63) is 41.7 Å². The molecule has 0 bridgehead atoms. The van der Waals surface area contributed by atoms with Crippen LogP contribution < -0.4 is 10.1 Å². The van der Waals surface area contributed by atoms with E-state index in [1.165, 1.54) is 6.07 Å². The van der Waals surface area contributed by atoms with Gasteiger partial charge in [0.1, 0.15) is 5.75 Å². The molecule has 0 saturated carbocycles. The molecule has 0 saturated heterocycles. The van der Waals surface area contributed by atoms with Crippen molar-refractivity contribution in [2.75, 3.05) is 5.32 Å². The fourth-order valence-electron chi connectivity index (χ4n) is 1.71. The number of ether oxygens (including phenoxy) is 1. The molecule has 0 aliphatic heterocycles. The minimum Gasteiger partial charge on any atom is -0.426 e. The lowest BCUT2D eigenvalue weighted by molar-refractivity contribution is -0.252. The van der Waals surface area contributed by atoms with E-state index in [2.05, 4.69) is 9.84 Å². The van der Waals surface area contributed by atoms with E-state index < -0.39 is 47.3 Å². The summed E-state index contributed by atoms with van der Waals surface area (Å²) in [6.45, 7) is 0. The summed E-state index contributed by atoms with van der Waals surface area (Å²) in [5.74, 6) is -2.20. The minimum absolute atomic E-state index is 0.526. The Bertz CT molecular complexity index is 758. The Kier molecular flexibility index (Phi) is 4.90. The van der Waals surface area contributed by atoms with E-state index in [-0.39, 0.29) is 0 Å². The Balaban J connectivity index is 2.27. The number of benzene rings is 1. The van der Waals surface area contributed by atoms with E-state index in [4.69, 9.17) is 0 Å². The average Bonchev–Trinajstić information content (AvgIpc) is 2.98. The summed E-state index contributed by atoms with van der Waals surface area (Å²) in [4.78, 5) is 11.9. The first-order valence-corrected chi connectivity index (χ1v) is 6.38. The Hall–Kier alpha value is -2.79. The molecule has 136 valence electrons. The number of nitrogens with one attached hydrogen (secondary N) is 2. The van der Waals surface area contributed by atoms with Crippen molar-refractivity contribution in [1.29, 1.82) is 0 Å². The van der Waals surface area contributed by atoms with Gasteiger partial charge in [0.05, 0.1) is 17.4 Å². The zero-order chi connectivity index (χ0) is 18.8. The largest absolute Gasteiger partial charge is 0.461 e. The van der Waals surface area contributed by atoms with Gasteiger partial charge in [-0.15, -0.1) is 0 Å². The second-order valence-corrected chi connectivity index (χ2v) is 4.57. The first-order chi connectivity index (χ1) is 11.5. The highest BCUT2D eigenvalue weighted by Crippen LogP contribution is 2.34. The average molecular weight is 371 g/mol. The summed E-state index contributed by atoms with van der Waals surface area (Å²) in [6, 6.07) is 4.20. The summed E-state index contributed by atoms with van der Waals surface area (Å²) in [5, 5.41) is 6.58. The number of carbonyl (C=O) groups is 1. The molecule has 25 heavy (non-hydrogen) atoms. The number of halogens is 7. The Labute approximate surface area is 134 Å². The predicted octanol–water partition coefficient (Wildman–Crippen LogP) is 3.92. The molecule has 0 fully saturated rings. The fourth-order valence-corrected chi connectivity index (χ4v) is 1.71. The number of nitrogens with zero attached hydrogens (tertiary/aromatic N) is 1. The van der Waals surface area contributed by atoms with E-state index in [1.54, 1.807) is 5.10 Å². The molecule has 2 N–H and O–H groups in total. The van der Waals surface area contributed by atoms with Crippen LogP contribution in [0.3, 0.4) is 0 Å². The van der Waals surface area contributed by atoms with Crippen molar-refractivity contribution in [2.24, 2.45) is 0 Å². The number of hydrogen-bond acceptors (Lipinski definition) is 3. The lowest BCUT2D eigenvalue weighted by atomic mass is 10.2. The van der Waals surface area contributed by atoms with E-state index in [0.29, 0.717) is 6.20 Å². The van der Waals surface area contributed by atoms with Crippen molar-refractivity contribution >= 4 is 11.6 Å². The van der Waals surface area contributed by atoms with Gasteiger partial charge in [-0.05, 0) is 12.1 Å². The molecular formula is C13H8F7N3O2. The van der Waals surface area contributed by atoms with Crippen LogP contribution in [0.1, 0.15) is 16.1 Å². The quantitative estimate of drug-likeness (QED) is 0.783. The maximum absolute atomic E-state index is 13.0. The number of H-pyrrole nitrogens is 1. The summed E-state index contributed by atoms with van der Waals surface area (Å²) in [5.41, 5.74) is -2.90. The number of rotatable bonds is 5. The van der Waals surface area contributed by atoms with Gasteiger partial charge in [0.2, 0.25) is 0 Å². The van der Waals surface area contributed by atoms with Gasteiger partial charge in [-0.25, -0.2) is 0 Å². The van der Waals surface area contributed by atoms with Gasteiger partial charge < -0.3 is 10.1 Å². The van der Waals surface area contributed by atoms with Crippen molar-refractivity contribution < 1.29 is 40.3 Å². The van der Waals surface area contributed by atoms with Crippen molar-refractivity contribution in [2.45, 2.75) is 18.7 Å².